The van der Waals surface area contributed by atoms with Crippen LogP contribution in [0.5, 0.6) is 5.75 Å². The average molecular weight is 311 g/mol. The van der Waals surface area contributed by atoms with Crippen molar-refractivity contribution in [3.05, 3.63) is 30.1 Å². The van der Waals surface area contributed by atoms with Gasteiger partial charge in [-0.2, -0.15) is 0 Å². The number of carbonyl (C=O) groups excluding carboxylic acids is 1. The van der Waals surface area contributed by atoms with Gasteiger partial charge >= 0.3 is 6.09 Å². The van der Waals surface area contributed by atoms with Crippen molar-refractivity contribution in [3.63, 3.8) is 0 Å². The molecule has 2 rings (SSSR count). The van der Waals surface area contributed by atoms with E-state index in [0.717, 1.165) is 0 Å². The number of halogens is 1. The summed E-state index contributed by atoms with van der Waals surface area (Å²) in [6.07, 6.45) is -0.296. The van der Waals surface area contributed by atoms with E-state index in [-0.39, 0.29) is 24.6 Å². The summed E-state index contributed by atoms with van der Waals surface area (Å²) in [6, 6.07) is 5.50. The zero-order valence-corrected chi connectivity index (χ0v) is 13.1. The molecule has 6 heteroatoms. The highest BCUT2D eigenvalue weighted by Gasteiger charge is 2.38. The molecule has 0 saturated carbocycles. The minimum Gasteiger partial charge on any atom is -0.488 e. The van der Waals surface area contributed by atoms with E-state index < -0.39 is 11.7 Å². The fourth-order valence-electron chi connectivity index (χ4n) is 2.41. The van der Waals surface area contributed by atoms with E-state index in [2.05, 4.69) is 0 Å². The number of likely N-dealkylation sites (tertiary alicyclic amines) is 1. The van der Waals surface area contributed by atoms with E-state index in [4.69, 9.17) is 9.47 Å². The highest BCUT2D eigenvalue weighted by atomic mass is 19.1. The van der Waals surface area contributed by atoms with Crippen LogP contribution in [0.2, 0.25) is 0 Å². The van der Waals surface area contributed by atoms with Crippen LogP contribution in [-0.4, -0.2) is 47.0 Å². The Labute approximate surface area is 129 Å². The third-order valence-electron chi connectivity index (χ3n) is 3.31. The number of ether oxygens (including phenoxy) is 2. The van der Waals surface area contributed by atoms with Crippen molar-refractivity contribution in [2.75, 3.05) is 13.2 Å². The summed E-state index contributed by atoms with van der Waals surface area (Å²) in [5.74, 6) is 0.0333. The van der Waals surface area contributed by atoms with Gasteiger partial charge in [0.15, 0.2) is 0 Å². The topological polar surface area (TPSA) is 59.0 Å². The van der Waals surface area contributed by atoms with Gasteiger partial charge in [0.2, 0.25) is 0 Å². The van der Waals surface area contributed by atoms with Gasteiger partial charge in [-0.15, -0.1) is 0 Å². The number of hydrogen-bond acceptors (Lipinski definition) is 4. The molecule has 122 valence electrons. The maximum absolute atomic E-state index is 13.2. The van der Waals surface area contributed by atoms with Gasteiger partial charge in [0, 0.05) is 12.5 Å². The molecular formula is C16H22FNO4. The van der Waals surface area contributed by atoms with Gasteiger partial charge in [0.1, 0.15) is 23.3 Å². The Kier molecular flexibility index (Phi) is 4.90. The summed E-state index contributed by atoms with van der Waals surface area (Å²) in [5.41, 5.74) is -0.599. The largest absolute Gasteiger partial charge is 0.488 e. The first-order chi connectivity index (χ1) is 10.3. The van der Waals surface area contributed by atoms with Crippen molar-refractivity contribution in [1.29, 1.82) is 0 Å². The normalized spacial score (nSPS) is 21.8. The molecule has 0 radical (unpaired) electrons. The highest BCUT2D eigenvalue weighted by molar-refractivity contribution is 5.69. The fraction of sp³-hybridized carbons (Fsp3) is 0.562. The van der Waals surface area contributed by atoms with Crippen LogP contribution in [0.1, 0.15) is 27.2 Å². The minimum atomic E-state index is -0.599. The van der Waals surface area contributed by atoms with Crippen molar-refractivity contribution in [3.8, 4) is 5.75 Å². The Morgan fingerprint density at radius 3 is 2.77 bits per heavy atom. The molecule has 1 aromatic rings. The number of rotatable bonds is 3. The number of aliphatic hydroxyl groups excluding tert-OH is 1. The molecule has 1 N–H and O–H groups in total. The van der Waals surface area contributed by atoms with E-state index in [9.17, 15) is 14.3 Å². The second-order valence-electron chi connectivity index (χ2n) is 6.40. The number of nitrogens with zero attached hydrogens (tertiary/aromatic N) is 1. The SMILES string of the molecule is CC(C)(C)OC(=O)N1C[C@H](Oc2cccc(F)c2)C[C@H]1CO. The van der Waals surface area contributed by atoms with Crippen LogP contribution in [0.4, 0.5) is 9.18 Å². The molecule has 2 atom stereocenters. The van der Waals surface area contributed by atoms with Crippen LogP contribution >= 0.6 is 0 Å². The Bertz CT molecular complexity index is 529. The minimum absolute atomic E-state index is 0.164. The van der Waals surface area contributed by atoms with Crippen LogP contribution in [0, 0.1) is 5.82 Å². The molecule has 1 heterocycles. The van der Waals surface area contributed by atoms with Crippen molar-refractivity contribution in [2.45, 2.75) is 44.9 Å². The molecule has 1 amide bonds. The summed E-state index contributed by atoms with van der Waals surface area (Å²) < 4.78 is 24.2. The van der Waals surface area contributed by atoms with E-state index in [1.165, 1.54) is 17.0 Å². The number of benzene rings is 1. The molecule has 1 aliphatic rings. The van der Waals surface area contributed by atoms with E-state index in [0.29, 0.717) is 18.7 Å². The van der Waals surface area contributed by atoms with Crippen LogP contribution in [-0.2, 0) is 4.74 Å². The number of carbonyl (C=O) groups is 1. The molecule has 1 fully saturated rings. The van der Waals surface area contributed by atoms with Crippen molar-refractivity contribution < 1.29 is 23.8 Å². The Morgan fingerprint density at radius 2 is 2.18 bits per heavy atom. The first-order valence-corrected chi connectivity index (χ1v) is 7.31. The maximum atomic E-state index is 13.2. The number of hydrogen-bond donors (Lipinski definition) is 1. The van der Waals surface area contributed by atoms with Crippen LogP contribution in [0.3, 0.4) is 0 Å². The second-order valence-corrected chi connectivity index (χ2v) is 6.40. The lowest BCUT2D eigenvalue weighted by molar-refractivity contribution is 0.0165. The first-order valence-electron chi connectivity index (χ1n) is 7.31. The molecule has 0 spiro atoms. The van der Waals surface area contributed by atoms with E-state index >= 15 is 0 Å². The average Bonchev–Trinajstić information content (AvgIpc) is 2.80. The number of aliphatic hydroxyl groups is 1. The number of amides is 1. The van der Waals surface area contributed by atoms with Crippen LogP contribution in [0.25, 0.3) is 0 Å². The highest BCUT2D eigenvalue weighted by Crippen LogP contribution is 2.25. The second kappa shape index (κ2) is 6.52. The fourth-order valence-corrected chi connectivity index (χ4v) is 2.41. The lowest BCUT2D eigenvalue weighted by Gasteiger charge is -2.27. The smallest absolute Gasteiger partial charge is 0.410 e. The Balaban J connectivity index is 2.01. The first kappa shape index (κ1) is 16.5. The molecule has 0 aromatic heterocycles. The molecule has 5 nitrogen and oxygen atoms in total. The van der Waals surface area contributed by atoms with Gasteiger partial charge in [0.05, 0.1) is 19.2 Å². The van der Waals surface area contributed by atoms with Crippen LogP contribution in [0.15, 0.2) is 24.3 Å². The summed E-state index contributed by atoms with van der Waals surface area (Å²) in [5, 5.41) is 9.45. The Morgan fingerprint density at radius 1 is 1.45 bits per heavy atom. The standard InChI is InChI=1S/C16H22FNO4/c1-16(2,3)22-15(20)18-9-14(8-12(18)10-19)21-13-6-4-5-11(17)7-13/h4-7,12,14,19H,8-10H2,1-3H3/t12-,14+/m0/s1. The van der Waals surface area contributed by atoms with Gasteiger partial charge in [-0.05, 0) is 32.9 Å². The van der Waals surface area contributed by atoms with Crippen molar-refractivity contribution in [2.24, 2.45) is 0 Å². The third kappa shape index (κ3) is 4.34. The zero-order valence-electron chi connectivity index (χ0n) is 13.1. The zero-order chi connectivity index (χ0) is 16.3. The molecule has 1 saturated heterocycles. The van der Waals surface area contributed by atoms with Crippen LogP contribution < -0.4 is 4.74 Å². The van der Waals surface area contributed by atoms with Crippen molar-refractivity contribution >= 4 is 6.09 Å². The lowest BCUT2D eigenvalue weighted by atomic mass is 10.2. The van der Waals surface area contributed by atoms with Gasteiger partial charge in [-0.3, -0.25) is 4.90 Å². The summed E-state index contributed by atoms with van der Waals surface area (Å²) in [4.78, 5) is 13.6. The van der Waals surface area contributed by atoms with E-state index in [1.54, 1.807) is 32.9 Å². The predicted molar refractivity (Wildman–Crippen MR) is 79.2 cm³/mol. The predicted octanol–water partition coefficient (Wildman–Crippen LogP) is 2.57. The quantitative estimate of drug-likeness (QED) is 0.932. The molecule has 1 aromatic carbocycles. The monoisotopic (exact) mass is 311 g/mol. The summed E-state index contributed by atoms with van der Waals surface area (Å²) in [7, 11) is 0. The Hall–Kier alpha value is -1.82. The molecular weight excluding hydrogens is 289 g/mol. The summed E-state index contributed by atoms with van der Waals surface area (Å²) in [6.45, 7) is 5.50. The molecule has 22 heavy (non-hydrogen) atoms. The molecule has 0 aliphatic carbocycles. The third-order valence-corrected chi connectivity index (χ3v) is 3.31. The van der Waals surface area contributed by atoms with Gasteiger partial charge in [-0.25, -0.2) is 9.18 Å². The van der Waals surface area contributed by atoms with Gasteiger partial charge < -0.3 is 14.6 Å². The summed E-state index contributed by atoms with van der Waals surface area (Å²) >= 11 is 0. The maximum Gasteiger partial charge on any atom is 0.410 e. The lowest BCUT2D eigenvalue weighted by Crippen LogP contribution is -2.41. The van der Waals surface area contributed by atoms with E-state index in [1.807, 2.05) is 0 Å². The molecule has 0 bridgehead atoms. The molecule has 1 aliphatic heterocycles. The van der Waals surface area contributed by atoms with Gasteiger partial charge in [0.25, 0.3) is 0 Å². The molecule has 0 unspecified atom stereocenters. The van der Waals surface area contributed by atoms with Gasteiger partial charge in [-0.1, -0.05) is 6.07 Å². The van der Waals surface area contributed by atoms with Crippen molar-refractivity contribution in [1.82, 2.24) is 4.90 Å².